The van der Waals surface area contributed by atoms with Gasteiger partial charge in [-0.15, -0.1) is 0 Å². The van der Waals surface area contributed by atoms with Crippen molar-refractivity contribution in [2.45, 2.75) is 13.8 Å². The van der Waals surface area contributed by atoms with Crippen LogP contribution in [0.1, 0.15) is 15.3 Å². The molecule has 3 N–H and O–H groups in total. The van der Waals surface area contributed by atoms with Crippen LogP contribution in [0.5, 0.6) is 11.5 Å². The third-order valence-corrected chi connectivity index (χ3v) is 5.68. The predicted molar refractivity (Wildman–Crippen MR) is 130 cm³/mol. The fraction of sp³-hybridized carbons (Fsp3) is 0.409. The number of thiocarbonyl (C=S) groups is 1. The van der Waals surface area contributed by atoms with Gasteiger partial charge in [-0.05, 0) is 74.6 Å². The second-order valence-electron chi connectivity index (χ2n) is 6.78. The average Bonchev–Trinajstić information content (AvgIpc) is 2.72. The second-order valence-corrected chi connectivity index (χ2v) is 7.75. The molecule has 1 fully saturated rings. The van der Waals surface area contributed by atoms with Gasteiger partial charge in [-0.25, -0.2) is 0 Å². The van der Waals surface area contributed by atoms with Crippen molar-refractivity contribution in [1.29, 1.82) is 0 Å². The molecule has 2 aromatic carbocycles. The van der Waals surface area contributed by atoms with Gasteiger partial charge in [-0.3, -0.25) is 0 Å². The molecule has 3 rings (SSSR count). The summed E-state index contributed by atoms with van der Waals surface area (Å²) in [6.45, 7) is 6.88. The summed E-state index contributed by atoms with van der Waals surface area (Å²) in [5, 5.41) is 16.4. The van der Waals surface area contributed by atoms with Crippen LogP contribution in [0.4, 0.5) is 11.4 Å². The minimum Gasteiger partial charge on any atom is -1.00 e. The number of anilines is 2. The molecule has 1 heterocycles. The van der Waals surface area contributed by atoms with Crippen LogP contribution in [0.15, 0.2) is 48.5 Å². The molecule has 0 bridgehead atoms. The Bertz CT molecular complexity index is 713. The molecule has 1 saturated heterocycles. The minimum absolute atomic E-state index is 0. The minimum atomic E-state index is 0. The van der Waals surface area contributed by atoms with Crippen LogP contribution in [-0.4, -0.2) is 48.6 Å². The van der Waals surface area contributed by atoms with Gasteiger partial charge in [0.25, 0.3) is 0 Å². The van der Waals surface area contributed by atoms with Crippen LogP contribution in [0.25, 0.3) is 0 Å². The van der Waals surface area contributed by atoms with Gasteiger partial charge >= 0.3 is 29.6 Å². The molecule has 31 heavy (non-hydrogen) atoms. The Hall–Kier alpha value is -0.870. The van der Waals surface area contributed by atoms with Gasteiger partial charge in [0.1, 0.15) is 11.5 Å². The Balaban J connectivity index is 0.000000816. The Morgan fingerprint density at radius 3 is 1.65 bits per heavy atom. The summed E-state index contributed by atoms with van der Waals surface area (Å²) in [6.07, 6.45) is 0. The summed E-state index contributed by atoms with van der Waals surface area (Å²) in [5.41, 5.74) is 1.87. The van der Waals surface area contributed by atoms with E-state index in [1.807, 2.05) is 62.4 Å². The summed E-state index contributed by atoms with van der Waals surface area (Å²) in [6, 6.07) is 15.3. The van der Waals surface area contributed by atoms with E-state index in [4.69, 9.17) is 31.5 Å². The molecule has 0 aromatic heterocycles. The van der Waals surface area contributed by atoms with E-state index in [2.05, 4.69) is 26.6 Å². The summed E-state index contributed by atoms with van der Waals surface area (Å²) in [7, 11) is 0. The number of hydrogen-bond donors (Lipinski definition) is 3. The smallest absolute Gasteiger partial charge is 1.00 e. The molecule has 0 aliphatic carbocycles. The normalized spacial score (nSPS) is 13.4. The van der Waals surface area contributed by atoms with Crippen LogP contribution in [0, 0.1) is 5.41 Å². The van der Waals surface area contributed by atoms with Crippen molar-refractivity contribution in [2.24, 2.45) is 5.41 Å². The van der Waals surface area contributed by atoms with Crippen LogP contribution < -0.4 is 49.7 Å². The maximum absolute atomic E-state index is 8.73. The van der Waals surface area contributed by atoms with Crippen LogP contribution in [0.3, 0.4) is 0 Å². The Morgan fingerprint density at radius 2 is 1.42 bits per heavy atom. The first-order valence-corrected chi connectivity index (χ1v) is 11.4. The molecule has 9 heteroatoms. The molecule has 1 aliphatic rings. The monoisotopic (exact) mass is 520 g/mol. The van der Waals surface area contributed by atoms with Crippen molar-refractivity contribution in [3.05, 3.63) is 48.5 Å². The molecule has 2 aromatic rings. The standard InChI is InChI=1S/C17H20N2O2S.C5H9BrO2.Na.H/c1-3-20-15-9-5-13(6-10-15)18-17(22)19-14-7-11-16(12-8-14)21-4-2;6-1-5(2-7)3-8-4-5;;/h5-12H,3-4H2,1-2H3,(H2,18,19,22);7H,1-4H2;;/q;;+1;-1. The van der Waals surface area contributed by atoms with Crippen LogP contribution in [0.2, 0.25) is 0 Å². The van der Waals surface area contributed by atoms with Gasteiger partial charge in [0.15, 0.2) is 5.11 Å². The molecule has 1 aliphatic heterocycles. The van der Waals surface area contributed by atoms with E-state index in [9.17, 15) is 0 Å². The predicted octanol–water partition coefficient (Wildman–Crippen LogP) is 1.80. The van der Waals surface area contributed by atoms with Crippen molar-refractivity contribution in [1.82, 2.24) is 0 Å². The Labute approximate surface area is 221 Å². The molecule has 166 valence electrons. The van der Waals surface area contributed by atoms with E-state index in [0.29, 0.717) is 31.5 Å². The first kappa shape index (κ1) is 28.2. The third kappa shape index (κ3) is 9.65. The van der Waals surface area contributed by atoms with E-state index in [1.165, 1.54) is 0 Å². The summed E-state index contributed by atoms with van der Waals surface area (Å²) < 4.78 is 15.7. The largest absolute Gasteiger partial charge is 1.00 e. The van der Waals surface area contributed by atoms with Crippen LogP contribution >= 0.6 is 28.1 Å². The van der Waals surface area contributed by atoms with E-state index >= 15 is 0 Å². The molecular formula is C22H30BrN2NaO4S. The van der Waals surface area contributed by atoms with Gasteiger partial charge in [0.05, 0.1) is 33.0 Å². The molecule has 0 saturated carbocycles. The molecule has 0 spiro atoms. The molecule has 0 amide bonds. The number of halogens is 1. The van der Waals surface area contributed by atoms with Crippen molar-refractivity contribution in [3.63, 3.8) is 0 Å². The van der Waals surface area contributed by atoms with Gasteiger partial charge in [-0.2, -0.15) is 0 Å². The maximum Gasteiger partial charge on any atom is 1.00 e. The number of alkyl halides is 1. The van der Waals surface area contributed by atoms with Crippen molar-refractivity contribution >= 4 is 44.6 Å². The summed E-state index contributed by atoms with van der Waals surface area (Å²) in [5.74, 6) is 1.69. The first-order valence-electron chi connectivity index (χ1n) is 9.82. The number of ether oxygens (including phenoxy) is 3. The first-order chi connectivity index (χ1) is 14.5. The Kier molecular flexibility index (Phi) is 13.7. The fourth-order valence-corrected chi connectivity index (χ4v) is 3.23. The zero-order valence-electron chi connectivity index (χ0n) is 19.3. The van der Waals surface area contributed by atoms with Crippen molar-refractivity contribution in [2.75, 3.05) is 49.0 Å². The van der Waals surface area contributed by atoms with Crippen LogP contribution in [-0.2, 0) is 4.74 Å². The van der Waals surface area contributed by atoms with E-state index in [1.54, 1.807) is 0 Å². The van der Waals surface area contributed by atoms with Gasteiger partial charge in [0, 0.05) is 22.1 Å². The average molecular weight is 521 g/mol. The number of aliphatic hydroxyl groups excluding tert-OH is 1. The number of hydrogen-bond acceptors (Lipinski definition) is 5. The maximum atomic E-state index is 8.73. The van der Waals surface area contributed by atoms with Crippen molar-refractivity contribution < 1.29 is 50.3 Å². The number of nitrogens with one attached hydrogen (secondary N) is 2. The third-order valence-electron chi connectivity index (χ3n) is 4.28. The number of benzene rings is 2. The molecule has 0 atom stereocenters. The zero-order chi connectivity index (χ0) is 21.8. The van der Waals surface area contributed by atoms with Crippen molar-refractivity contribution in [3.8, 4) is 11.5 Å². The van der Waals surface area contributed by atoms with E-state index in [-0.39, 0.29) is 43.0 Å². The fourth-order valence-electron chi connectivity index (χ4n) is 2.50. The SMILES string of the molecule is CCOc1ccc(NC(=S)Nc2ccc(OCC)cc2)cc1.OCC1(CBr)COC1.[H-].[Na+]. The topological polar surface area (TPSA) is 72.0 Å². The molecule has 0 radical (unpaired) electrons. The van der Waals surface area contributed by atoms with Gasteiger partial charge < -0.3 is 31.4 Å². The molecule has 0 unspecified atom stereocenters. The summed E-state index contributed by atoms with van der Waals surface area (Å²) >= 11 is 8.60. The number of rotatable bonds is 8. The second kappa shape index (κ2) is 15.1. The van der Waals surface area contributed by atoms with Gasteiger partial charge in [0.2, 0.25) is 0 Å². The quantitative estimate of drug-likeness (QED) is 0.278. The van der Waals surface area contributed by atoms with E-state index < -0.39 is 0 Å². The zero-order valence-corrected chi connectivity index (χ0v) is 22.7. The van der Waals surface area contributed by atoms with E-state index in [0.717, 1.165) is 28.2 Å². The Morgan fingerprint density at radius 1 is 1.00 bits per heavy atom. The molecular weight excluding hydrogens is 491 g/mol. The summed E-state index contributed by atoms with van der Waals surface area (Å²) in [4.78, 5) is 0. The van der Waals surface area contributed by atoms with Gasteiger partial charge in [-0.1, -0.05) is 15.9 Å². The number of aliphatic hydroxyl groups is 1. The molecule has 6 nitrogen and oxygen atoms in total.